The van der Waals surface area contributed by atoms with E-state index in [-0.39, 0.29) is 5.78 Å². The molecular formula is C12H13NOS. The molecule has 0 spiro atoms. The largest absolute Gasteiger partial charge is 0.300 e. The number of benzene rings is 1. The van der Waals surface area contributed by atoms with Gasteiger partial charge < -0.3 is 0 Å². The van der Waals surface area contributed by atoms with Crippen LogP contribution in [0.1, 0.15) is 24.5 Å². The summed E-state index contributed by atoms with van der Waals surface area (Å²) >= 11 is 1.72. The number of hydrogen-bond donors (Lipinski definition) is 0. The molecule has 0 saturated carbocycles. The van der Waals surface area contributed by atoms with Gasteiger partial charge in [-0.1, -0.05) is 12.1 Å². The molecule has 0 atom stereocenters. The summed E-state index contributed by atoms with van der Waals surface area (Å²) in [6, 6.07) is 9.69. The van der Waals surface area contributed by atoms with Gasteiger partial charge in [0.05, 0.1) is 11.6 Å². The van der Waals surface area contributed by atoms with Crippen LogP contribution in [0.5, 0.6) is 0 Å². The summed E-state index contributed by atoms with van der Waals surface area (Å²) in [5.41, 5.74) is 1.84. The Morgan fingerprint density at radius 2 is 2.33 bits per heavy atom. The second-order valence-electron chi connectivity index (χ2n) is 3.32. The van der Waals surface area contributed by atoms with Crippen LogP contribution in [0.2, 0.25) is 0 Å². The Morgan fingerprint density at radius 1 is 1.53 bits per heavy atom. The van der Waals surface area contributed by atoms with E-state index in [1.165, 1.54) is 0 Å². The normalized spacial score (nSPS) is 9.60. The zero-order valence-electron chi connectivity index (χ0n) is 8.69. The highest BCUT2D eigenvalue weighted by Crippen LogP contribution is 2.14. The van der Waals surface area contributed by atoms with Crippen molar-refractivity contribution < 1.29 is 4.79 Å². The van der Waals surface area contributed by atoms with Crippen molar-refractivity contribution in [2.45, 2.75) is 19.1 Å². The van der Waals surface area contributed by atoms with Crippen LogP contribution in [-0.2, 0) is 10.5 Å². The zero-order chi connectivity index (χ0) is 11.1. The third-order valence-corrected chi connectivity index (χ3v) is 2.95. The SMILES string of the molecule is CC(=O)CCSCc1cccc(C#N)c1. The van der Waals surface area contributed by atoms with E-state index in [1.807, 2.05) is 18.2 Å². The summed E-state index contributed by atoms with van der Waals surface area (Å²) in [6.07, 6.45) is 0.628. The fourth-order valence-electron chi connectivity index (χ4n) is 1.14. The van der Waals surface area contributed by atoms with Crippen LogP contribution < -0.4 is 0 Å². The fourth-order valence-corrected chi connectivity index (χ4v) is 2.13. The second-order valence-corrected chi connectivity index (χ2v) is 4.42. The van der Waals surface area contributed by atoms with E-state index in [4.69, 9.17) is 5.26 Å². The maximum atomic E-state index is 10.7. The number of thioether (sulfide) groups is 1. The van der Waals surface area contributed by atoms with Crippen molar-refractivity contribution in [2.24, 2.45) is 0 Å². The first-order valence-electron chi connectivity index (χ1n) is 4.78. The second kappa shape index (κ2) is 6.26. The van der Waals surface area contributed by atoms with Gasteiger partial charge in [-0.3, -0.25) is 4.79 Å². The quantitative estimate of drug-likeness (QED) is 0.715. The Hall–Kier alpha value is -1.27. The molecule has 0 N–H and O–H groups in total. The van der Waals surface area contributed by atoms with Crippen LogP contribution >= 0.6 is 11.8 Å². The molecule has 2 nitrogen and oxygen atoms in total. The molecule has 1 aromatic rings. The van der Waals surface area contributed by atoms with E-state index in [9.17, 15) is 4.79 Å². The first-order valence-corrected chi connectivity index (χ1v) is 5.94. The van der Waals surface area contributed by atoms with Gasteiger partial charge in [0, 0.05) is 17.9 Å². The van der Waals surface area contributed by atoms with Crippen molar-refractivity contribution in [1.82, 2.24) is 0 Å². The highest BCUT2D eigenvalue weighted by atomic mass is 32.2. The summed E-state index contributed by atoms with van der Waals surface area (Å²) in [4.78, 5) is 10.7. The number of Topliss-reactive ketones (excluding diaryl/α,β-unsaturated/α-hetero) is 1. The number of nitrogens with zero attached hydrogens (tertiary/aromatic N) is 1. The van der Waals surface area contributed by atoms with Gasteiger partial charge in [-0.2, -0.15) is 17.0 Å². The van der Waals surface area contributed by atoms with Gasteiger partial charge in [-0.25, -0.2) is 0 Å². The van der Waals surface area contributed by atoms with Crippen LogP contribution in [0.3, 0.4) is 0 Å². The minimum atomic E-state index is 0.230. The number of hydrogen-bond acceptors (Lipinski definition) is 3. The fraction of sp³-hybridized carbons (Fsp3) is 0.333. The van der Waals surface area contributed by atoms with Crippen molar-refractivity contribution in [1.29, 1.82) is 5.26 Å². The Morgan fingerprint density at radius 3 is 3.00 bits per heavy atom. The van der Waals surface area contributed by atoms with Crippen molar-refractivity contribution >= 4 is 17.5 Å². The molecule has 0 fully saturated rings. The molecule has 78 valence electrons. The molecule has 1 rings (SSSR count). The highest BCUT2D eigenvalue weighted by Gasteiger charge is 1.97. The molecule has 0 amide bonds. The van der Waals surface area contributed by atoms with Gasteiger partial charge in [0.2, 0.25) is 0 Å². The minimum absolute atomic E-state index is 0.230. The summed E-state index contributed by atoms with van der Waals surface area (Å²) in [5, 5.41) is 8.70. The Balaban J connectivity index is 2.38. The molecule has 0 heterocycles. The lowest BCUT2D eigenvalue weighted by Gasteiger charge is -2.00. The number of carbonyl (C=O) groups is 1. The average molecular weight is 219 g/mol. The zero-order valence-corrected chi connectivity index (χ0v) is 9.51. The van der Waals surface area contributed by atoms with E-state index < -0.39 is 0 Å². The van der Waals surface area contributed by atoms with E-state index in [0.717, 1.165) is 17.1 Å². The third kappa shape index (κ3) is 4.66. The Kier molecular flexibility index (Phi) is 4.92. The predicted octanol–water partition coefficient (Wildman–Crippen LogP) is 2.77. The van der Waals surface area contributed by atoms with Gasteiger partial charge in [0.25, 0.3) is 0 Å². The van der Waals surface area contributed by atoms with Crippen molar-refractivity contribution in [3.8, 4) is 6.07 Å². The van der Waals surface area contributed by atoms with Crippen LogP contribution in [0, 0.1) is 11.3 Å². The molecule has 0 saturated heterocycles. The molecular weight excluding hydrogens is 206 g/mol. The summed E-state index contributed by atoms with van der Waals surface area (Å²) < 4.78 is 0. The summed E-state index contributed by atoms with van der Waals surface area (Å²) in [6.45, 7) is 1.61. The number of nitriles is 1. The topological polar surface area (TPSA) is 40.9 Å². The van der Waals surface area contributed by atoms with E-state index in [0.29, 0.717) is 12.0 Å². The molecule has 0 aliphatic heterocycles. The van der Waals surface area contributed by atoms with Crippen LogP contribution in [0.4, 0.5) is 0 Å². The summed E-state index contributed by atoms with van der Waals surface area (Å²) in [7, 11) is 0. The van der Waals surface area contributed by atoms with E-state index >= 15 is 0 Å². The lowest BCUT2D eigenvalue weighted by Crippen LogP contribution is -1.92. The van der Waals surface area contributed by atoms with Crippen LogP contribution in [-0.4, -0.2) is 11.5 Å². The molecule has 15 heavy (non-hydrogen) atoms. The van der Waals surface area contributed by atoms with Crippen LogP contribution in [0.25, 0.3) is 0 Å². The first-order chi connectivity index (χ1) is 7.22. The molecule has 3 heteroatoms. The highest BCUT2D eigenvalue weighted by molar-refractivity contribution is 7.98. The maximum absolute atomic E-state index is 10.7. The smallest absolute Gasteiger partial charge is 0.130 e. The van der Waals surface area contributed by atoms with Gasteiger partial charge in [0.1, 0.15) is 5.78 Å². The number of rotatable bonds is 5. The summed E-state index contributed by atoms with van der Waals surface area (Å²) in [5.74, 6) is 1.95. The number of ketones is 1. The first kappa shape index (κ1) is 11.8. The molecule has 1 aromatic carbocycles. The maximum Gasteiger partial charge on any atom is 0.130 e. The lowest BCUT2D eigenvalue weighted by atomic mass is 10.2. The molecule has 0 radical (unpaired) electrons. The lowest BCUT2D eigenvalue weighted by molar-refractivity contribution is -0.116. The van der Waals surface area contributed by atoms with Crippen molar-refractivity contribution in [2.75, 3.05) is 5.75 Å². The molecule has 0 aromatic heterocycles. The Labute approximate surface area is 94.3 Å². The van der Waals surface area contributed by atoms with Crippen molar-refractivity contribution in [3.63, 3.8) is 0 Å². The number of carbonyl (C=O) groups excluding carboxylic acids is 1. The monoisotopic (exact) mass is 219 g/mol. The van der Waals surface area contributed by atoms with E-state index in [1.54, 1.807) is 24.8 Å². The average Bonchev–Trinajstić information content (AvgIpc) is 2.24. The van der Waals surface area contributed by atoms with Gasteiger partial charge in [-0.05, 0) is 24.6 Å². The van der Waals surface area contributed by atoms with Gasteiger partial charge >= 0.3 is 0 Å². The standard InChI is InChI=1S/C12H13NOS/c1-10(14)5-6-15-9-12-4-2-3-11(7-12)8-13/h2-4,7H,5-6,9H2,1H3. The van der Waals surface area contributed by atoms with Gasteiger partial charge in [-0.15, -0.1) is 0 Å². The van der Waals surface area contributed by atoms with Gasteiger partial charge in [0.15, 0.2) is 0 Å². The molecule has 0 unspecified atom stereocenters. The van der Waals surface area contributed by atoms with E-state index in [2.05, 4.69) is 6.07 Å². The van der Waals surface area contributed by atoms with Crippen molar-refractivity contribution in [3.05, 3.63) is 35.4 Å². The molecule has 0 bridgehead atoms. The van der Waals surface area contributed by atoms with Crippen LogP contribution in [0.15, 0.2) is 24.3 Å². The predicted molar refractivity (Wildman–Crippen MR) is 62.6 cm³/mol. The third-order valence-electron chi connectivity index (χ3n) is 1.92. The molecule has 0 aliphatic carbocycles. The molecule has 0 aliphatic rings. The minimum Gasteiger partial charge on any atom is -0.300 e. The Bertz CT molecular complexity index is 381.